The monoisotopic (exact) mass is 506 g/mol. The predicted octanol–water partition coefficient (Wildman–Crippen LogP) is 5.53. The van der Waals surface area contributed by atoms with Crippen molar-refractivity contribution in [2.45, 2.75) is 64.5 Å². The lowest BCUT2D eigenvalue weighted by atomic mass is 9.89. The number of ether oxygens (including phenoxy) is 1. The second-order valence-corrected chi connectivity index (χ2v) is 12.2. The summed E-state index contributed by atoms with van der Waals surface area (Å²) in [5.41, 5.74) is 4.91. The first-order valence-electron chi connectivity index (χ1n) is 12.1. The number of nitrogens with zero attached hydrogens (tertiary/aromatic N) is 1. The summed E-state index contributed by atoms with van der Waals surface area (Å²) in [4.78, 5) is 13.6. The third-order valence-corrected chi connectivity index (χ3v) is 8.42. The first-order chi connectivity index (χ1) is 16.9. The van der Waals surface area contributed by atoms with E-state index in [1.165, 1.54) is 4.31 Å². The molecule has 0 radical (unpaired) electrons. The smallest absolute Gasteiger partial charge is 0.264 e. The van der Waals surface area contributed by atoms with E-state index < -0.39 is 15.6 Å². The van der Waals surface area contributed by atoms with E-state index in [9.17, 15) is 13.2 Å². The Kier molecular flexibility index (Phi) is 6.88. The van der Waals surface area contributed by atoms with Crippen LogP contribution in [0.2, 0.25) is 0 Å². The first-order valence-corrected chi connectivity index (χ1v) is 13.6. The molecule has 0 saturated carbocycles. The van der Waals surface area contributed by atoms with E-state index in [1.807, 2.05) is 71.9 Å². The van der Waals surface area contributed by atoms with Crippen LogP contribution in [0.4, 0.5) is 5.69 Å². The number of hydrogen-bond donors (Lipinski definition) is 1. The van der Waals surface area contributed by atoms with Crippen molar-refractivity contribution in [1.82, 2.24) is 5.32 Å². The number of fused-ring (bicyclic) bond motifs is 1. The Bertz CT molecular complexity index is 1400. The fraction of sp³-hybridized carbons (Fsp3) is 0.345. The zero-order valence-corrected chi connectivity index (χ0v) is 22.6. The van der Waals surface area contributed by atoms with Gasteiger partial charge in [-0.3, -0.25) is 9.10 Å². The number of benzene rings is 3. The summed E-state index contributed by atoms with van der Waals surface area (Å²) in [5.74, 6) is 0.361. The van der Waals surface area contributed by atoms with Gasteiger partial charge in [0, 0.05) is 12.0 Å². The molecule has 0 bridgehead atoms. The largest absolute Gasteiger partial charge is 0.487 e. The molecule has 0 fully saturated rings. The molecule has 7 heteroatoms. The van der Waals surface area contributed by atoms with Crippen LogP contribution in [0.15, 0.2) is 65.6 Å². The number of hydrogen-bond acceptors (Lipinski definition) is 4. The third kappa shape index (κ3) is 5.41. The predicted molar refractivity (Wildman–Crippen MR) is 143 cm³/mol. The standard InChI is InChI=1S/C29H34N2O4S/c1-19-7-12-24(13-8-19)36(33,34)31(23-11-10-21(3)22(4)16-23)18-28(32)30-26-17-29(5,6)35-27-14-9-20(2)15-25(26)27/h7-16,26H,17-18H2,1-6H3,(H,30,32). The van der Waals surface area contributed by atoms with Crippen LogP contribution in [-0.2, 0) is 14.8 Å². The number of carbonyl (C=O) groups excluding carboxylic acids is 1. The second-order valence-electron chi connectivity index (χ2n) is 10.3. The lowest BCUT2D eigenvalue weighted by Crippen LogP contribution is -2.45. The Morgan fingerprint density at radius 2 is 1.61 bits per heavy atom. The fourth-order valence-electron chi connectivity index (χ4n) is 4.51. The minimum absolute atomic E-state index is 0.146. The Morgan fingerprint density at radius 3 is 2.28 bits per heavy atom. The van der Waals surface area contributed by atoms with Gasteiger partial charge in [-0.05, 0) is 83.0 Å². The summed E-state index contributed by atoms with van der Waals surface area (Å²) in [6, 6.07) is 17.7. The molecule has 4 rings (SSSR count). The van der Waals surface area contributed by atoms with Crippen molar-refractivity contribution in [3.05, 3.63) is 88.5 Å². The van der Waals surface area contributed by atoms with Gasteiger partial charge in [0.25, 0.3) is 10.0 Å². The van der Waals surface area contributed by atoms with Gasteiger partial charge < -0.3 is 10.1 Å². The van der Waals surface area contributed by atoms with E-state index in [4.69, 9.17) is 4.74 Å². The summed E-state index contributed by atoms with van der Waals surface area (Å²) in [7, 11) is -3.98. The van der Waals surface area contributed by atoms with Crippen molar-refractivity contribution in [2.24, 2.45) is 0 Å². The quantitative estimate of drug-likeness (QED) is 0.477. The van der Waals surface area contributed by atoms with Crippen LogP contribution >= 0.6 is 0 Å². The Hall–Kier alpha value is -3.32. The van der Waals surface area contributed by atoms with Crippen molar-refractivity contribution in [1.29, 1.82) is 0 Å². The van der Waals surface area contributed by atoms with Gasteiger partial charge in [0.2, 0.25) is 5.91 Å². The number of carbonyl (C=O) groups is 1. The number of nitrogens with one attached hydrogen (secondary N) is 1. The van der Waals surface area contributed by atoms with Crippen LogP contribution in [-0.4, -0.2) is 26.5 Å². The van der Waals surface area contributed by atoms with Crippen LogP contribution in [0.1, 0.15) is 54.1 Å². The highest BCUT2D eigenvalue weighted by atomic mass is 32.2. The van der Waals surface area contributed by atoms with Gasteiger partial charge in [-0.2, -0.15) is 0 Å². The van der Waals surface area contributed by atoms with E-state index in [2.05, 4.69) is 5.32 Å². The molecule has 36 heavy (non-hydrogen) atoms. The Balaban J connectivity index is 1.67. The lowest BCUT2D eigenvalue weighted by Gasteiger charge is -2.38. The minimum atomic E-state index is -3.98. The second kappa shape index (κ2) is 9.62. The van der Waals surface area contributed by atoms with Crippen molar-refractivity contribution < 1.29 is 17.9 Å². The average molecular weight is 507 g/mol. The summed E-state index contributed by atoms with van der Waals surface area (Å²) in [6.45, 7) is 11.4. The first kappa shape index (κ1) is 25.8. The van der Waals surface area contributed by atoms with Crippen molar-refractivity contribution >= 4 is 21.6 Å². The molecule has 1 aliphatic rings. The van der Waals surface area contributed by atoms with Crippen molar-refractivity contribution in [3.8, 4) is 5.75 Å². The van der Waals surface area contributed by atoms with Gasteiger partial charge in [0.05, 0.1) is 16.6 Å². The van der Waals surface area contributed by atoms with Gasteiger partial charge in [0.1, 0.15) is 17.9 Å². The zero-order valence-electron chi connectivity index (χ0n) is 21.8. The highest BCUT2D eigenvalue weighted by molar-refractivity contribution is 7.92. The molecule has 1 unspecified atom stereocenters. The summed E-state index contributed by atoms with van der Waals surface area (Å²) < 4.78 is 34.8. The molecule has 1 aliphatic heterocycles. The van der Waals surface area contributed by atoms with Gasteiger partial charge in [-0.1, -0.05) is 41.5 Å². The highest BCUT2D eigenvalue weighted by Gasteiger charge is 2.35. The van der Waals surface area contributed by atoms with Gasteiger partial charge in [0.15, 0.2) is 0 Å². The molecular formula is C29H34N2O4S. The summed E-state index contributed by atoms with van der Waals surface area (Å²) >= 11 is 0. The molecule has 0 spiro atoms. The molecule has 1 amide bonds. The van der Waals surface area contributed by atoms with E-state index in [0.29, 0.717) is 12.1 Å². The minimum Gasteiger partial charge on any atom is -0.487 e. The fourth-order valence-corrected chi connectivity index (χ4v) is 5.92. The molecule has 0 aliphatic carbocycles. The average Bonchev–Trinajstić information content (AvgIpc) is 2.79. The van der Waals surface area contributed by atoms with Crippen LogP contribution < -0.4 is 14.4 Å². The van der Waals surface area contributed by atoms with E-state index in [-0.39, 0.29) is 23.4 Å². The number of aryl methyl sites for hydroxylation is 4. The van der Waals surface area contributed by atoms with Crippen LogP contribution in [0.25, 0.3) is 0 Å². The number of rotatable bonds is 6. The Morgan fingerprint density at radius 1 is 0.944 bits per heavy atom. The molecule has 1 heterocycles. The molecule has 0 saturated heterocycles. The summed E-state index contributed by atoms with van der Waals surface area (Å²) in [5, 5.41) is 3.09. The molecule has 3 aromatic carbocycles. The molecule has 6 nitrogen and oxygen atoms in total. The van der Waals surface area contributed by atoms with Crippen LogP contribution in [0, 0.1) is 27.7 Å². The highest BCUT2D eigenvalue weighted by Crippen LogP contribution is 2.40. The number of anilines is 1. The third-order valence-electron chi connectivity index (χ3n) is 6.63. The lowest BCUT2D eigenvalue weighted by molar-refractivity contribution is -0.120. The maximum absolute atomic E-state index is 13.7. The molecule has 1 atom stereocenters. The maximum atomic E-state index is 13.7. The van der Waals surface area contributed by atoms with Crippen molar-refractivity contribution in [3.63, 3.8) is 0 Å². The zero-order chi connectivity index (χ0) is 26.3. The summed E-state index contributed by atoms with van der Waals surface area (Å²) in [6.07, 6.45) is 0.573. The van der Waals surface area contributed by atoms with E-state index >= 15 is 0 Å². The maximum Gasteiger partial charge on any atom is 0.264 e. The number of amides is 1. The molecular weight excluding hydrogens is 472 g/mol. The normalized spacial score (nSPS) is 16.6. The van der Waals surface area contributed by atoms with Gasteiger partial charge in [-0.15, -0.1) is 0 Å². The van der Waals surface area contributed by atoms with E-state index in [1.54, 1.807) is 30.3 Å². The molecule has 3 aromatic rings. The van der Waals surface area contributed by atoms with Crippen molar-refractivity contribution in [2.75, 3.05) is 10.8 Å². The molecule has 0 aromatic heterocycles. The molecule has 1 N–H and O–H groups in total. The van der Waals surface area contributed by atoms with Gasteiger partial charge in [-0.25, -0.2) is 8.42 Å². The van der Waals surface area contributed by atoms with Gasteiger partial charge >= 0.3 is 0 Å². The van der Waals surface area contributed by atoms with Crippen LogP contribution in [0.5, 0.6) is 5.75 Å². The SMILES string of the molecule is Cc1ccc(S(=O)(=O)N(CC(=O)NC2CC(C)(C)Oc3ccc(C)cc32)c2ccc(C)c(C)c2)cc1. The molecule has 190 valence electrons. The Labute approximate surface area is 214 Å². The van der Waals surface area contributed by atoms with Crippen LogP contribution in [0.3, 0.4) is 0 Å². The number of sulfonamides is 1. The topological polar surface area (TPSA) is 75.7 Å². The van der Waals surface area contributed by atoms with E-state index in [0.717, 1.165) is 33.6 Å².